The smallest absolute Gasteiger partial charge is 0.463 e. The summed E-state index contributed by atoms with van der Waals surface area (Å²) in [5.74, 6) is -1.60. The molecule has 0 aliphatic rings. The molecule has 0 bridgehead atoms. The van der Waals surface area contributed by atoms with Crippen molar-refractivity contribution in [1.29, 1.82) is 0 Å². The second-order valence-corrected chi connectivity index (χ2v) is 31.5. The predicted octanol–water partition coefficient (Wildman–Crippen LogP) is 26.0. The second-order valence-electron chi connectivity index (χ2n) is 28.6. The van der Waals surface area contributed by atoms with Crippen LogP contribution in [0.1, 0.15) is 355 Å². The van der Waals surface area contributed by atoms with Gasteiger partial charge in [-0.05, 0) is 148 Å². The number of aliphatic hydroxyl groups is 2. The number of phosphoric acid groups is 2. The van der Waals surface area contributed by atoms with Gasteiger partial charge in [0.2, 0.25) is 0 Å². The Hall–Kier alpha value is -4.57. The van der Waals surface area contributed by atoms with Gasteiger partial charge < -0.3 is 34.2 Å². The molecule has 626 valence electrons. The third-order valence-corrected chi connectivity index (χ3v) is 19.9. The summed E-state index contributed by atoms with van der Waals surface area (Å²) < 4.78 is 61.3. The molecule has 5 unspecified atom stereocenters. The molecule has 18 heteroatoms. The first-order valence-electron chi connectivity index (χ1n) is 43.1. The van der Waals surface area contributed by atoms with E-state index in [4.69, 9.17) is 32.3 Å². The highest BCUT2D eigenvalue weighted by molar-refractivity contribution is 7.47. The number of allylic oxidation sites excluding steroid dienone is 24. The number of hydrogen-bond acceptors (Lipinski definition) is 14. The molecule has 0 fully saturated rings. The van der Waals surface area contributed by atoms with Crippen molar-refractivity contribution in [3.8, 4) is 0 Å². The van der Waals surface area contributed by atoms with Crippen LogP contribution in [0.25, 0.3) is 0 Å². The highest BCUT2D eigenvalue weighted by Gasteiger charge is 2.29. The summed E-state index contributed by atoms with van der Waals surface area (Å²) in [6.07, 6.45) is 103. The van der Waals surface area contributed by atoms with E-state index < -0.39 is 91.5 Å². The number of unbranched alkanes of at least 4 members (excludes halogenated alkanes) is 34. The minimum atomic E-state index is -4.95. The standard InChI is InChI=1S/C91H156O16P2/c1-4-7-10-13-16-19-22-25-28-31-33-35-37-39-41-42-44-46-47-49-51-54-56-59-62-65-68-71-74-77-89(94)101-80-86(92)81-103-108(97,98)104-82-87(93)83-105-109(99,100)106-85-88(107-91(96)79-76-73-70-67-64-61-58-53-30-27-24-21-18-15-12-9-6-3)84-102-90(95)78-75-72-69-66-63-60-57-55-52-50-48-45-43-40-38-36-34-32-29-26-23-20-17-14-11-8-5-2/h9,12,16-21,25-30,33-36,39-41,43,58,61,86-88,92-93H,4-8,10-11,13-15,22-24,31-32,37-38,42,44-57,59-60,62-85H2,1-3H3,(H,97,98)(H,99,100)/b12-9-,19-16-,20-17-,21-18-,28-25-,29-26-,30-27-,35-33-,36-34-,41-39-,43-40-,61-58-. The first-order valence-corrected chi connectivity index (χ1v) is 46.1. The number of rotatable bonds is 81. The molecule has 0 saturated carbocycles. The highest BCUT2D eigenvalue weighted by Crippen LogP contribution is 2.45. The lowest BCUT2D eigenvalue weighted by Gasteiger charge is -2.21. The van der Waals surface area contributed by atoms with E-state index in [9.17, 15) is 43.5 Å². The number of carbonyl (C=O) groups excluding carboxylic acids is 3. The number of ether oxygens (including phenoxy) is 3. The summed E-state index contributed by atoms with van der Waals surface area (Å²) in [4.78, 5) is 58.8. The van der Waals surface area contributed by atoms with Crippen LogP contribution in [-0.2, 0) is 55.8 Å². The van der Waals surface area contributed by atoms with Crippen molar-refractivity contribution in [3.63, 3.8) is 0 Å². The maximum absolute atomic E-state index is 13.0. The molecule has 4 N–H and O–H groups in total. The topological polar surface area (TPSA) is 231 Å². The quantitative estimate of drug-likeness (QED) is 0.0146. The first kappa shape index (κ1) is 104. The predicted molar refractivity (Wildman–Crippen MR) is 454 cm³/mol. The molecule has 0 spiro atoms. The van der Waals surface area contributed by atoms with E-state index >= 15 is 0 Å². The van der Waals surface area contributed by atoms with Crippen molar-refractivity contribution in [2.45, 2.75) is 373 Å². The molecule has 5 atom stereocenters. The van der Waals surface area contributed by atoms with E-state index in [0.29, 0.717) is 19.3 Å². The van der Waals surface area contributed by atoms with E-state index in [0.717, 1.165) is 148 Å². The van der Waals surface area contributed by atoms with Gasteiger partial charge in [-0.15, -0.1) is 0 Å². The van der Waals surface area contributed by atoms with Crippen LogP contribution in [0, 0.1) is 0 Å². The first-order chi connectivity index (χ1) is 53.2. The molecule has 109 heavy (non-hydrogen) atoms. The average Bonchev–Trinajstić information content (AvgIpc) is 0.904. The summed E-state index contributed by atoms with van der Waals surface area (Å²) in [5, 5.41) is 20.7. The maximum atomic E-state index is 13.0. The molecule has 0 aliphatic heterocycles. The van der Waals surface area contributed by atoms with E-state index in [-0.39, 0.29) is 19.3 Å². The Labute approximate surface area is 664 Å². The number of aliphatic hydroxyl groups excluding tert-OH is 2. The third kappa shape index (κ3) is 84.2. The number of phosphoric ester groups is 2. The fourth-order valence-corrected chi connectivity index (χ4v) is 13.1. The van der Waals surface area contributed by atoms with Gasteiger partial charge >= 0.3 is 33.6 Å². The summed E-state index contributed by atoms with van der Waals surface area (Å²) >= 11 is 0. The zero-order valence-electron chi connectivity index (χ0n) is 68.7. The Bertz CT molecular complexity index is 2560. The third-order valence-electron chi connectivity index (χ3n) is 18.0. The van der Waals surface area contributed by atoms with Crippen molar-refractivity contribution in [2.24, 2.45) is 0 Å². The van der Waals surface area contributed by atoms with Crippen LogP contribution in [-0.4, -0.2) is 95.9 Å². The minimum absolute atomic E-state index is 0.0727. The molecule has 0 radical (unpaired) electrons. The van der Waals surface area contributed by atoms with Crippen LogP contribution in [0.3, 0.4) is 0 Å². The van der Waals surface area contributed by atoms with Crippen LogP contribution < -0.4 is 0 Å². The molecular weight excluding hydrogens is 1410 g/mol. The summed E-state index contributed by atoms with van der Waals surface area (Å²) in [6.45, 7) is 2.51. The Kier molecular flexibility index (Phi) is 79.4. The molecule has 0 heterocycles. The zero-order valence-corrected chi connectivity index (χ0v) is 70.5. The van der Waals surface area contributed by atoms with Gasteiger partial charge in [-0.25, -0.2) is 9.13 Å². The fourth-order valence-electron chi connectivity index (χ4n) is 11.5. The van der Waals surface area contributed by atoms with E-state index in [2.05, 4.69) is 167 Å². The van der Waals surface area contributed by atoms with Crippen molar-refractivity contribution < 1.29 is 75.8 Å². The largest absolute Gasteiger partial charge is 0.472 e. The van der Waals surface area contributed by atoms with Crippen LogP contribution in [0.2, 0.25) is 0 Å². The normalized spacial score (nSPS) is 14.6. The van der Waals surface area contributed by atoms with E-state index in [1.807, 2.05) is 0 Å². The Morgan fingerprint density at radius 1 is 0.266 bits per heavy atom. The fraction of sp³-hybridized carbons (Fsp3) is 0.703. The van der Waals surface area contributed by atoms with Gasteiger partial charge in [0.1, 0.15) is 25.4 Å². The monoisotopic (exact) mass is 1570 g/mol. The minimum Gasteiger partial charge on any atom is -0.463 e. The Morgan fingerprint density at radius 2 is 0.486 bits per heavy atom. The molecule has 0 rings (SSSR count). The van der Waals surface area contributed by atoms with Gasteiger partial charge in [-0.1, -0.05) is 334 Å². The molecular formula is C91H156O16P2. The van der Waals surface area contributed by atoms with Crippen LogP contribution in [0.15, 0.2) is 146 Å². The highest BCUT2D eigenvalue weighted by atomic mass is 31.2. The van der Waals surface area contributed by atoms with Gasteiger partial charge in [0.25, 0.3) is 0 Å². The van der Waals surface area contributed by atoms with E-state index in [1.54, 1.807) is 0 Å². The SMILES string of the molecule is CC/C=C\C/C=C\C/C=C\C/C=C\CCCCCCC(=O)OC(COC(=O)CCCCCCCCCCCCC/C=C\C/C=C\C/C=C\C/C=C\CCCCC)COP(=O)(O)OCC(O)COP(=O)(O)OCC(O)COC(=O)CCCCCCCCCCCCCCC/C=C\C/C=C\C/C=C\C/C=C\CCCCC. The summed E-state index contributed by atoms with van der Waals surface area (Å²) in [5.41, 5.74) is 0. The van der Waals surface area contributed by atoms with Gasteiger partial charge in [0.15, 0.2) is 6.10 Å². The lowest BCUT2D eigenvalue weighted by atomic mass is 10.0. The van der Waals surface area contributed by atoms with Crippen molar-refractivity contribution in [2.75, 3.05) is 39.6 Å². The van der Waals surface area contributed by atoms with Crippen molar-refractivity contribution in [1.82, 2.24) is 0 Å². The van der Waals surface area contributed by atoms with Crippen molar-refractivity contribution >= 4 is 33.6 Å². The number of esters is 3. The zero-order chi connectivity index (χ0) is 79.4. The molecule has 0 aromatic rings. The van der Waals surface area contributed by atoms with Gasteiger partial charge in [0.05, 0.1) is 26.4 Å². The van der Waals surface area contributed by atoms with Gasteiger partial charge in [-0.3, -0.25) is 32.5 Å². The number of carbonyl (C=O) groups is 3. The lowest BCUT2D eigenvalue weighted by molar-refractivity contribution is -0.161. The summed E-state index contributed by atoms with van der Waals surface area (Å²) in [6, 6.07) is 0. The molecule has 16 nitrogen and oxygen atoms in total. The Morgan fingerprint density at radius 3 is 0.771 bits per heavy atom. The second kappa shape index (κ2) is 82.9. The average molecular weight is 1570 g/mol. The maximum Gasteiger partial charge on any atom is 0.472 e. The lowest BCUT2D eigenvalue weighted by Crippen LogP contribution is -2.30. The number of hydrogen-bond donors (Lipinski definition) is 4. The van der Waals surface area contributed by atoms with Crippen LogP contribution in [0.5, 0.6) is 0 Å². The van der Waals surface area contributed by atoms with Gasteiger partial charge in [-0.2, -0.15) is 0 Å². The Balaban J connectivity index is 4.58. The molecule has 0 amide bonds. The van der Waals surface area contributed by atoms with Crippen LogP contribution in [0.4, 0.5) is 0 Å². The molecule has 0 saturated heterocycles. The molecule has 0 aromatic heterocycles. The molecule has 0 aliphatic carbocycles. The van der Waals surface area contributed by atoms with Gasteiger partial charge in [0, 0.05) is 19.3 Å². The van der Waals surface area contributed by atoms with Crippen molar-refractivity contribution in [3.05, 3.63) is 146 Å². The summed E-state index contributed by atoms with van der Waals surface area (Å²) in [7, 11) is -9.81. The molecule has 0 aromatic carbocycles. The van der Waals surface area contributed by atoms with Crippen LogP contribution >= 0.6 is 15.6 Å². The van der Waals surface area contributed by atoms with E-state index in [1.165, 1.54) is 148 Å².